The molecule has 0 saturated carbocycles. The Morgan fingerprint density at radius 1 is 1.55 bits per heavy atom. The summed E-state index contributed by atoms with van der Waals surface area (Å²) < 4.78 is 0. The summed E-state index contributed by atoms with van der Waals surface area (Å²) in [6, 6.07) is -0.742. The normalized spacial score (nSPS) is 15.9. The SMILES string of the molecule is NCC([SeH])CC[C@H](N)C(=O)O. The Morgan fingerprint density at radius 3 is 2.45 bits per heavy atom. The van der Waals surface area contributed by atoms with E-state index in [1.54, 1.807) is 0 Å². The zero-order valence-corrected chi connectivity index (χ0v) is 8.11. The molecular weight excluding hydrogens is 211 g/mol. The Balaban J connectivity index is 3.45. The van der Waals surface area contributed by atoms with E-state index in [0.717, 1.165) is 6.42 Å². The van der Waals surface area contributed by atoms with Crippen LogP contribution in [-0.4, -0.2) is 39.7 Å². The molecule has 4 nitrogen and oxygen atoms in total. The first-order chi connectivity index (χ1) is 5.07. The van der Waals surface area contributed by atoms with Crippen LogP contribution >= 0.6 is 0 Å². The molecule has 0 bridgehead atoms. The van der Waals surface area contributed by atoms with Gasteiger partial charge in [-0.15, -0.1) is 0 Å². The van der Waals surface area contributed by atoms with Gasteiger partial charge in [0.05, 0.1) is 0 Å². The van der Waals surface area contributed by atoms with E-state index in [9.17, 15) is 4.79 Å². The van der Waals surface area contributed by atoms with Crippen molar-refractivity contribution in [3.05, 3.63) is 0 Å². The molecule has 0 aromatic heterocycles. The average Bonchev–Trinajstić information content (AvgIpc) is 1.99. The number of rotatable bonds is 5. The Kier molecular flexibility index (Phi) is 5.50. The maximum absolute atomic E-state index is 10.2. The van der Waals surface area contributed by atoms with Crippen molar-refractivity contribution in [2.75, 3.05) is 6.54 Å². The van der Waals surface area contributed by atoms with Crippen LogP contribution < -0.4 is 11.5 Å². The van der Waals surface area contributed by atoms with Gasteiger partial charge in [0.2, 0.25) is 0 Å². The van der Waals surface area contributed by atoms with Crippen molar-refractivity contribution in [1.29, 1.82) is 0 Å². The van der Waals surface area contributed by atoms with E-state index in [0.29, 0.717) is 17.8 Å². The van der Waals surface area contributed by atoms with E-state index < -0.39 is 12.0 Å². The first-order valence-corrected chi connectivity index (χ1v) is 4.52. The molecule has 0 aliphatic rings. The maximum atomic E-state index is 10.2. The first kappa shape index (κ1) is 10.9. The van der Waals surface area contributed by atoms with Crippen LogP contribution in [-0.2, 0) is 4.79 Å². The van der Waals surface area contributed by atoms with E-state index in [1.807, 2.05) is 0 Å². The molecule has 0 aliphatic heterocycles. The molecule has 2 atom stereocenters. The minimum atomic E-state index is -0.943. The van der Waals surface area contributed by atoms with Gasteiger partial charge in [0.15, 0.2) is 0 Å². The summed E-state index contributed by atoms with van der Waals surface area (Å²) in [7, 11) is 0. The predicted octanol–water partition coefficient (Wildman–Crippen LogP) is -1.17. The molecule has 11 heavy (non-hydrogen) atoms. The van der Waals surface area contributed by atoms with Gasteiger partial charge in [0.1, 0.15) is 0 Å². The van der Waals surface area contributed by atoms with Gasteiger partial charge in [-0.2, -0.15) is 0 Å². The number of carbonyl (C=O) groups is 1. The van der Waals surface area contributed by atoms with E-state index in [1.165, 1.54) is 0 Å². The van der Waals surface area contributed by atoms with Crippen molar-refractivity contribution in [3.8, 4) is 0 Å². The van der Waals surface area contributed by atoms with Gasteiger partial charge in [-0.3, -0.25) is 0 Å². The second-order valence-corrected chi connectivity index (χ2v) is 3.94. The summed E-state index contributed by atoms with van der Waals surface area (Å²) in [6.45, 7) is 0.562. The van der Waals surface area contributed by atoms with Gasteiger partial charge < -0.3 is 0 Å². The molecule has 1 unspecified atom stereocenters. The number of carboxylic acids is 1. The second-order valence-electron chi connectivity index (χ2n) is 2.41. The van der Waals surface area contributed by atoms with Crippen molar-refractivity contribution < 1.29 is 9.90 Å². The summed E-state index contributed by atoms with van der Waals surface area (Å²) >= 11 is 2.41. The fourth-order valence-corrected chi connectivity index (χ4v) is 0.926. The van der Waals surface area contributed by atoms with Crippen LogP contribution in [0.5, 0.6) is 0 Å². The van der Waals surface area contributed by atoms with Crippen LogP contribution in [0.1, 0.15) is 12.8 Å². The number of nitrogens with two attached hydrogens (primary N) is 2. The number of hydrogen-bond donors (Lipinski definition) is 3. The summed E-state index contributed by atoms with van der Waals surface area (Å²) in [5.41, 5.74) is 10.6. The van der Waals surface area contributed by atoms with Crippen LogP contribution in [0.3, 0.4) is 0 Å². The van der Waals surface area contributed by atoms with Crippen LogP contribution in [0.25, 0.3) is 0 Å². The molecule has 66 valence electrons. The molecule has 5 heteroatoms. The van der Waals surface area contributed by atoms with Crippen molar-refractivity contribution in [2.45, 2.75) is 23.7 Å². The topological polar surface area (TPSA) is 89.3 Å². The number of hydrogen-bond acceptors (Lipinski definition) is 3. The fraction of sp³-hybridized carbons (Fsp3) is 0.833. The zero-order valence-electron chi connectivity index (χ0n) is 6.23. The van der Waals surface area contributed by atoms with Gasteiger partial charge >= 0.3 is 73.6 Å². The molecule has 0 spiro atoms. The summed E-state index contributed by atoms with van der Waals surface area (Å²) in [4.78, 5) is 10.5. The van der Waals surface area contributed by atoms with Gasteiger partial charge in [-0.25, -0.2) is 0 Å². The predicted molar refractivity (Wildman–Crippen MR) is 44.8 cm³/mol. The molecule has 0 aliphatic carbocycles. The molecule has 0 amide bonds. The summed E-state index contributed by atoms with van der Waals surface area (Å²) in [6.07, 6.45) is 1.25. The Morgan fingerprint density at radius 2 is 2.09 bits per heavy atom. The van der Waals surface area contributed by atoms with Crippen molar-refractivity contribution in [1.82, 2.24) is 0 Å². The molecule has 0 radical (unpaired) electrons. The monoisotopic (exact) mass is 226 g/mol. The third-order valence-electron chi connectivity index (χ3n) is 1.40. The van der Waals surface area contributed by atoms with Gasteiger partial charge in [0.25, 0.3) is 0 Å². The van der Waals surface area contributed by atoms with E-state index >= 15 is 0 Å². The van der Waals surface area contributed by atoms with E-state index in [2.05, 4.69) is 16.0 Å². The van der Waals surface area contributed by atoms with Crippen LogP contribution in [0.2, 0.25) is 4.82 Å². The number of aliphatic carboxylic acids is 1. The van der Waals surface area contributed by atoms with Crippen LogP contribution in [0, 0.1) is 0 Å². The van der Waals surface area contributed by atoms with E-state index in [-0.39, 0.29) is 0 Å². The Hall–Kier alpha value is -0.0905. The Bertz CT molecular complexity index is 132. The van der Waals surface area contributed by atoms with Gasteiger partial charge in [-0.05, 0) is 0 Å². The first-order valence-electron chi connectivity index (χ1n) is 3.44. The third kappa shape index (κ3) is 5.21. The molecule has 0 aromatic carbocycles. The van der Waals surface area contributed by atoms with Crippen LogP contribution in [0.4, 0.5) is 0 Å². The zero-order chi connectivity index (χ0) is 8.85. The standard InChI is InChI=1S/C6H14N2O2Se/c7-3-4(11)1-2-5(8)6(9)10/h4-5,11H,1-3,7-8H2,(H,9,10)/t4?,5-/m0/s1. The molecule has 0 aromatic rings. The molecule has 0 heterocycles. The van der Waals surface area contributed by atoms with E-state index in [4.69, 9.17) is 16.6 Å². The Labute approximate surface area is 74.1 Å². The fourth-order valence-electron chi connectivity index (χ4n) is 0.613. The quantitative estimate of drug-likeness (QED) is 0.514. The minimum absolute atomic E-state index is 0.299. The van der Waals surface area contributed by atoms with Crippen molar-refractivity contribution in [2.24, 2.45) is 11.5 Å². The molecule has 5 N–H and O–H groups in total. The average molecular weight is 225 g/mol. The second kappa shape index (κ2) is 5.55. The van der Waals surface area contributed by atoms with Crippen molar-refractivity contribution >= 4 is 22.0 Å². The van der Waals surface area contributed by atoms with Crippen molar-refractivity contribution in [3.63, 3.8) is 0 Å². The molecular formula is C6H14N2O2Se. The number of carboxylic acid groups (broad SMARTS) is 1. The molecule has 0 saturated heterocycles. The van der Waals surface area contributed by atoms with Gasteiger partial charge in [0, 0.05) is 0 Å². The third-order valence-corrected chi connectivity index (χ3v) is 2.38. The molecule has 0 fully saturated rings. The summed E-state index contributed by atoms with van der Waals surface area (Å²) in [5, 5.41) is 8.41. The van der Waals surface area contributed by atoms with Gasteiger partial charge in [-0.1, -0.05) is 0 Å². The summed E-state index contributed by atoms with van der Waals surface area (Å²) in [5.74, 6) is -0.943. The molecule has 0 rings (SSSR count). The van der Waals surface area contributed by atoms with Crippen LogP contribution in [0.15, 0.2) is 0 Å².